The Kier molecular flexibility index (Phi) is 6.20. The van der Waals surface area contributed by atoms with Crippen LogP contribution in [-0.4, -0.2) is 44.0 Å². The third-order valence-corrected chi connectivity index (χ3v) is 4.27. The molecule has 1 aromatic carbocycles. The molecule has 3 nitrogen and oxygen atoms in total. The fourth-order valence-electron chi connectivity index (χ4n) is 2.56. The van der Waals surface area contributed by atoms with Crippen molar-refractivity contribution < 1.29 is 9.53 Å². The van der Waals surface area contributed by atoms with E-state index >= 15 is 0 Å². The lowest BCUT2D eigenvalue weighted by Crippen LogP contribution is -2.31. The summed E-state index contributed by atoms with van der Waals surface area (Å²) >= 11 is 3.40. The number of ether oxygens (including phenoxy) is 1. The zero-order valence-electron chi connectivity index (χ0n) is 12.0. The Bertz CT molecular complexity index is 444. The van der Waals surface area contributed by atoms with Gasteiger partial charge in [0.2, 0.25) is 0 Å². The lowest BCUT2D eigenvalue weighted by molar-refractivity contribution is 0.0553. The highest BCUT2D eigenvalue weighted by Gasteiger charge is 2.16. The second-order valence-electron chi connectivity index (χ2n) is 5.50. The largest absolute Gasteiger partial charge is 0.381 e. The number of benzene rings is 1. The summed E-state index contributed by atoms with van der Waals surface area (Å²) in [5.74, 6) is 0.930. The molecule has 1 fully saturated rings. The second-order valence-corrected chi connectivity index (χ2v) is 6.42. The van der Waals surface area contributed by atoms with Crippen molar-refractivity contribution in [3.63, 3.8) is 0 Å². The van der Waals surface area contributed by atoms with Gasteiger partial charge in [-0.3, -0.25) is 4.79 Å². The fourth-order valence-corrected chi connectivity index (χ4v) is 2.96. The van der Waals surface area contributed by atoms with Gasteiger partial charge in [-0.1, -0.05) is 28.1 Å². The molecule has 0 unspecified atom stereocenters. The van der Waals surface area contributed by atoms with Crippen molar-refractivity contribution in [2.75, 3.05) is 33.4 Å². The van der Waals surface area contributed by atoms with Gasteiger partial charge in [-0.05, 0) is 37.9 Å². The van der Waals surface area contributed by atoms with Crippen molar-refractivity contribution in [3.05, 3.63) is 34.3 Å². The fraction of sp³-hybridized carbons (Fsp3) is 0.562. The van der Waals surface area contributed by atoms with Crippen LogP contribution in [0.5, 0.6) is 0 Å². The summed E-state index contributed by atoms with van der Waals surface area (Å²) in [6.07, 6.45) is 2.87. The van der Waals surface area contributed by atoms with E-state index in [0.717, 1.165) is 55.1 Å². The van der Waals surface area contributed by atoms with Gasteiger partial charge in [0.25, 0.3) is 0 Å². The van der Waals surface area contributed by atoms with Crippen LogP contribution in [0.2, 0.25) is 0 Å². The van der Waals surface area contributed by atoms with Crippen LogP contribution in [-0.2, 0) is 4.74 Å². The van der Waals surface area contributed by atoms with Crippen LogP contribution in [0.4, 0.5) is 0 Å². The molecule has 0 radical (unpaired) electrons. The molecule has 20 heavy (non-hydrogen) atoms. The lowest BCUT2D eigenvalue weighted by atomic mass is 9.99. The van der Waals surface area contributed by atoms with Crippen molar-refractivity contribution in [2.45, 2.75) is 19.3 Å². The Balaban J connectivity index is 1.75. The highest BCUT2D eigenvalue weighted by atomic mass is 79.9. The monoisotopic (exact) mass is 339 g/mol. The number of carbonyl (C=O) groups is 1. The van der Waals surface area contributed by atoms with E-state index in [9.17, 15) is 4.79 Å². The minimum absolute atomic E-state index is 0.213. The maximum Gasteiger partial charge on any atom is 0.164 e. The van der Waals surface area contributed by atoms with Gasteiger partial charge in [0.15, 0.2) is 5.78 Å². The minimum atomic E-state index is 0.213. The molecule has 1 aromatic rings. The average Bonchev–Trinajstić information content (AvgIpc) is 2.46. The van der Waals surface area contributed by atoms with Crippen molar-refractivity contribution >= 4 is 21.7 Å². The van der Waals surface area contributed by atoms with E-state index in [0.29, 0.717) is 6.42 Å². The van der Waals surface area contributed by atoms with Gasteiger partial charge in [0.1, 0.15) is 0 Å². The third kappa shape index (κ3) is 5.00. The molecule has 0 amide bonds. The van der Waals surface area contributed by atoms with E-state index < -0.39 is 0 Å². The number of halogens is 1. The first-order valence-electron chi connectivity index (χ1n) is 7.20. The molecule has 0 aromatic heterocycles. The predicted octanol–water partition coefficient (Wildman–Crippen LogP) is 3.38. The molecule has 2 rings (SSSR count). The van der Waals surface area contributed by atoms with Gasteiger partial charge in [-0.2, -0.15) is 0 Å². The van der Waals surface area contributed by atoms with E-state index in [1.807, 2.05) is 24.3 Å². The lowest BCUT2D eigenvalue weighted by Gasteiger charge is -2.26. The molecule has 1 aliphatic rings. The molecule has 1 heterocycles. The molecular weight excluding hydrogens is 318 g/mol. The number of Topliss-reactive ketones (excluding diaryl/α,β-unsaturated/α-hetero) is 1. The molecule has 0 atom stereocenters. The van der Waals surface area contributed by atoms with Crippen LogP contribution >= 0.6 is 15.9 Å². The molecule has 110 valence electrons. The van der Waals surface area contributed by atoms with Crippen LogP contribution in [0.1, 0.15) is 29.6 Å². The van der Waals surface area contributed by atoms with Gasteiger partial charge in [-0.15, -0.1) is 0 Å². The zero-order chi connectivity index (χ0) is 14.4. The molecule has 0 bridgehead atoms. The van der Waals surface area contributed by atoms with E-state index in [-0.39, 0.29) is 5.78 Å². The van der Waals surface area contributed by atoms with E-state index in [2.05, 4.69) is 27.9 Å². The Morgan fingerprint density at radius 2 is 2.15 bits per heavy atom. The van der Waals surface area contributed by atoms with Crippen LogP contribution in [0.15, 0.2) is 28.7 Å². The van der Waals surface area contributed by atoms with Crippen LogP contribution in [0.25, 0.3) is 0 Å². The Hall–Kier alpha value is -0.710. The van der Waals surface area contributed by atoms with Crippen LogP contribution in [0.3, 0.4) is 0 Å². The molecule has 0 aliphatic carbocycles. The molecule has 1 aliphatic heterocycles. The van der Waals surface area contributed by atoms with E-state index in [1.165, 1.54) is 0 Å². The number of carbonyl (C=O) groups excluding carboxylic acids is 1. The van der Waals surface area contributed by atoms with Crippen molar-refractivity contribution in [1.82, 2.24) is 4.90 Å². The number of nitrogens with zero attached hydrogens (tertiary/aromatic N) is 1. The summed E-state index contributed by atoms with van der Waals surface area (Å²) in [4.78, 5) is 14.4. The minimum Gasteiger partial charge on any atom is -0.381 e. The molecular formula is C16H22BrNO2. The Morgan fingerprint density at radius 1 is 1.40 bits per heavy atom. The van der Waals surface area contributed by atoms with Gasteiger partial charge in [0.05, 0.1) is 0 Å². The maximum absolute atomic E-state index is 12.1. The van der Waals surface area contributed by atoms with Crippen LogP contribution < -0.4 is 0 Å². The van der Waals surface area contributed by atoms with Gasteiger partial charge >= 0.3 is 0 Å². The van der Waals surface area contributed by atoms with Crippen molar-refractivity contribution in [2.24, 2.45) is 5.92 Å². The summed E-state index contributed by atoms with van der Waals surface area (Å²) in [6.45, 7) is 3.66. The summed E-state index contributed by atoms with van der Waals surface area (Å²) in [7, 11) is 2.10. The van der Waals surface area contributed by atoms with Gasteiger partial charge in [0, 0.05) is 42.8 Å². The standard InChI is InChI=1S/C16H22BrNO2/c1-18(12-13-6-9-20-10-7-13)8-5-16(19)14-3-2-4-15(17)11-14/h2-4,11,13H,5-10,12H2,1H3. The number of hydrogen-bond donors (Lipinski definition) is 0. The zero-order valence-corrected chi connectivity index (χ0v) is 13.6. The highest BCUT2D eigenvalue weighted by molar-refractivity contribution is 9.10. The highest BCUT2D eigenvalue weighted by Crippen LogP contribution is 2.16. The molecule has 1 saturated heterocycles. The second kappa shape index (κ2) is 7.91. The normalized spacial score (nSPS) is 16.6. The first kappa shape index (κ1) is 15.7. The van der Waals surface area contributed by atoms with Crippen LogP contribution in [0, 0.1) is 5.92 Å². The summed E-state index contributed by atoms with van der Waals surface area (Å²) in [6, 6.07) is 7.61. The predicted molar refractivity (Wildman–Crippen MR) is 84.1 cm³/mol. The molecule has 0 saturated carbocycles. The first-order valence-corrected chi connectivity index (χ1v) is 7.99. The Labute approximate surface area is 129 Å². The maximum atomic E-state index is 12.1. The van der Waals surface area contributed by atoms with Crippen molar-refractivity contribution in [1.29, 1.82) is 0 Å². The third-order valence-electron chi connectivity index (χ3n) is 3.78. The number of ketones is 1. The number of hydrogen-bond acceptors (Lipinski definition) is 3. The molecule has 0 spiro atoms. The topological polar surface area (TPSA) is 29.5 Å². The smallest absolute Gasteiger partial charge is 0.164 e. The molecule has 4 heteroatoms. The average molecular weight is 340 g/mol. The number of rotatable bonds is 6. The summed E-state index contributed by atoms with van der Waals surface area (Å²) in [5.41, 5.74) is 0.791. The SMILES string of the molecule is CN(CCC(=O)c1cccc(Br)c1)CC1CCOCC1. The quantitative estimate of drug-likeness (QED) is 0.744. The summed E-state index contributed by atoms with van der Waals surface area (Å²) < 4.78 is 6.33. The van der Waals surface area contributed by atoms with E-state index in [4.69, 9.17) is 4.74 Å². The molecule has 0 N–H and O–H groups in total. The van der Waals surface area contributed by atoms with Crippen molar-refractivity contribution in [3.8, 4) is 0 Å². The van der Waals surface area contributed by atoms with Gasteiger partial charge < -0.3 is 9.64 Å². The summed E-state index contributed by atoms with van der Waals surface area (Å²) in [5, 5.41) is 0. The van der Waals surface area contributed by atoms with Gasteiger partial charge in [-0.25, -0.2) is 0 Å². The Morgan fingerprint density at radius 3 is 2.85 bits per heavy atom. The van der Waals surface area contributed by atoms with E-state index in [1.54, 1.807) is 0 Å². The first-order chi connectivity index (χ1) is 9.65.